The molecule has 0 amide bonds. The zero-order valence-electron chi connectivity index (χ0n) is 20.5. The fourth-order valence-electron chi connectivity index (χ4n) is 7.00. The van der Waals surface area contributed by atoms with Gasteiger partial charge in [0, 0.05) is 0 Å². The molecule has 3 rings (SSSR count). The van der Waals surface area contributed by atoms with Crippen LogP contribution in [0.5, 0.6) is 0 Å². The highest BCUT2D eigenvalue weighted by Crippen LogP contribution is 2.42. The molecule has 3 aliphatic rings. The van der Waals surface area contributed by atoms with Gasteiger partial charge in [0.1, 0.15) is 0 Å². The Balaban J connectivity index is 1.24. The summed E-state index contributed by atoms with van der Waals surface area (Å²) < 4.78 is 0. The van der Waals surface area contributed by atoms with Crippen molar-refractivity contribution in [3.63, 3.8) is 0 Å². The van der Waals surface area contributed by atoms with Crippen LogP contribution in [0.3, 0.4) is 0 Å². The summed E-state index contributed by atoms with van der Waals surface area (Å²) in [5, 5.41) is 0. The Morgan fingerprint density at radius 3 is 1.77 bits per heavy atom. The van der Waals surface area contributed by atoms with Crippen LogP contribution in [0.25, 0.3) is 0 Å². The molecule has 0 unspecified atom stereocenters. The van der Waals surface area contributed by atoms with Gasteiger partial charge in [-0.2, -0.15) is 0 Å². The van der Waals surface area contributed by atoms with E-state index in [1.807, 2.05) is 0 Å². The van der Waals surface area contributed by atoms with Gasteiger partial charge in [0.25, 0.3) is 0 Å². The maximum Gasteiger partial charge on any atom is -0.0233 e. The molecule has 0 aromatic rings. The van der Waals surface area contributed by atoms with Crippen molar-refractivity contribution in [2.24, 2.45) is 35.5 Å². The minimum atomic E-state index is 0.882. The van der Waals surface area contributed by atoms with Crippen LogP contribution in [0.2, 0.25) is 0 Å². The zero-order valence-corrected chi connectivity index (χ0v) is 20.5. The van der Waals surface area contributed by atoms with E-state index < -0.39 is 0 Å². The molecular weight excluding hydrogens is 360 g/mol. The number of hydrogen-bond acceptors (Lipinski definition) is 0. The van der Waals surface area contributed by atoms with Crippen molar-refractivity contribution in [2.75, 3.05) is 0 Å². The first-order chi connectivity index (χ1) is 14.8. The molecule has 0 heterocycles. The summed E-state index contributed by atoms with van der Waals surface area (Å²) in [7, 11) is 0. The molecule has 0 aromatic carbocycles. The molecule has 0 nitrogen and oxygen atoms in total. The molecule has 172 valence electrons. The fraction of sp³-hybridized carbons (Fsp3) is 0.867. The van der Waals surface area contributed by atoms with E-state index in [1.165, 1.54) is 89.9 Å². The molecule has 0 atom stereocenters. The van der Waals surface area contributed by atoms with Crippen LogP contribution in [-0.4, -0.2) is 0 Å². The third-order valence-corrected chi connectivity index (χ3v) is 9.10. The smallest absolute Gasteiger partial charge is 0.0233 e. The Bertz CT molecular complexity index is 476. The van der Waals surface area contributed by atoms with Crippen LogP contribution in [0.1, 0.15) is 129 Å². The lowest BCUT2D eigenvalue weighted by atomic mass is 9.68. The molecule has 30 heavy (non-hydrogen) atoms. The second kappa shape index (κ2) is 13.8. The van der Waals surface area contributed by atoms with Crippen molar-refractivity contribution >= 4 is 0 Å². The van der Waals surface area contributed by atoms with E-state index in [1.54, 1.807) is 25.7 Å². The van der Waals surface area contributed by atoms with Crippen LogP contribution < -0.4 is 0 Å². The van der Waals surface area contributed by atoms with E-state index in [0.717, 1.165) is 35.5 Å². The van der Waals surface area contributed by atoms with Crippen molar-refractivity contribution in [2.45, 2.75) is 129 Å². The molecule has 0 aromatic heterocycles. The minimum Gasteiger partial charge on any atom is -0.0914 e. The average Bonchev–Trinajstić information content (AvgIpc) is 2.79. The molecule has 3 saturated carbocycles. The van der Waals surface area contributed by atoms with Gasteiger partial charge in [-0.05, 0) is 119 Å². The van der Waals surface area contributed by atoms with Gasteiger partial charge in [-0.25, -0.2) is 0 Å². The SMILES string of the molecule is C/C=C/C1CCC(CC/C=C/C2CCC(C3CCC(CCCCC)CC3)CC2)CC1. The molecule has 0 N–H and O–H groups in total. The maximum absolute atomic E-state index is 2.62. The van der Waals surface area contributed by atoms with Crippen LogP contribution in [0.4, 0.5) is 0 Å². The summed E-state index contributed by atoms with van der Waals surface area (Å²) >= 11 is 0. The summed E-state index contributed by atoms with van der Waals surface area (Å²) in [6.45, 7) is 4.50. The van der Waals surface area contributed by atoms with Crippen molar-refractivity contribution < 1.29 is 0 Å². The monoisotopic (exact) mass is 412 g/mol. The van der Waals surface area contributed by atoms with Crippen molar-refractivity contribution in [1.82, 2.24) is 0 Å². The topological polar surface area (TPSA) is 0 Å². The number of rotatable bonds is 10. The molecule has 0 spiro atoms. The molecule has 0 aliphatic heterocycles. The van der Waals surface area contributed by atoms with E-state index in [-0.39, 0.29) is 0 Å². The number of hydrogen-bond donors (Lipinski definition) is 0. The molecule has 3 fully saturated rings. The lowest BCUT2D eigenvalue weighted by Crippen LogP contribution is -2.25. The molecule has 0 saturated heterocycles. The third-order valence-electron chi connectivity index (χ3n) is 9.10. The van der Waals surface area contributed by atoms with Crippen LogP contribution in [0, 0.1) is 35.5 Å². The Morgan fingerprint density at radius 1 is 0.600 bits per heavy atom. The Morgan fingerprint density at radius 2 is 1.13 bits per heavy atom. The van der Waals surface area contributed by atoms with E-state index in [4.69, 9.17) is 0 Å². The molecule has 0 heteroatoms. The van der Waals surface area contributed by atoms with Gasteiger partial charge in [0.15, 0.2) is 0 Å². The fourth-order valence-corrected chi connectivity index (χ4v) is 7.00. The highest BCUT2D eigenvalue weighted by atomic mass is 14.4. The first-order valence-corrected chi connectivity index (χ1v) is 14.1. The van der Waals surface area contributed by atoms with Crippen LogP contribution in [-0.2, 0) is 0 Å². The van der Waals surface area contributed by atoms with Gasteiger partial charge in [-0.1, -0.05) is 69.8 Å². The van der Waals surface area contributed by atoms with Gasteiger partial charge in [-0.3, -0.25) is 0 Å². The maximum atomic E-state index is 2.62. The van der Waals surface area contributed by atoms with Crippen molar-refractivity contribution in [1.29, 1.82) is 0 Å². The van der Waals surface area contributed by atoms with Gasteiger partial charge in [0.2, 0.25) is 0 Å². The Hall–Kier alpha value is -0.520. The highest BCUT2D eigenvalue weighted by molar-refractivity contribution is 4.94. The lowest BCUT2D eigenvalue weighted by Gasteiger charge is -2.37. The predicted octanol–water partition coefficient (Wildman–Crippen LogP) is 9.90. The van der Waals surface area contributed by atoms with Crippen LogP contribution >= 0.6 is 0 Å². The second-order valence-corrected chi connectivity index (χ2v) is 11.3. The van der Waals surface area contributed by atoms with Crippen molar-refractivity contribution in [3.05, 3.63) is 24.3 Å². The average molecular weight is 413 g/mol. The number of allylic oxidation sites excluding steroid dienone is 4. The van der Waals surface area contributed by atoms with Crippen molar-refractivity contribution in [3.8, 4) is 0 Å². The van der Waals surface area contributed by atoms with E-state index in [9.17, 15) is 0 Å². The summed E-state index contributed by atoms with van der Waals surface area (Å²) in [5.41, 5.74) is 0. The Kier molecular flexibility index (Phi) is 11.1. The Labute approximate surface area is 189 Å². The van der Waals surface area contributed by atoms with E-state index >= 15 is 0 Å². The molecule has 0 radical (unpaired) electrons. The first-order valence-electron chi connectivity index (χ1n) is 14.1. The predicted molar refractivity (Wildman–Crippen MR) is 134 cm³/mol. The standard InChI is InChI=1S/C30H52/c1-3-5-6-10-27-17-21-29(22-18-27)30-23-19-28(20-24-30)12-8-7-11-26-15-13-25(9-4-2)14-16-26/h4,8-9,12,25-30H,3,5-7,10-11,13-24H2,1-2H3/b9-4+,12-8+. The van der Waals surface area contributed by atoms with Gasteiger partial charge in [-0.15, -0.1) is 0 Å². The summed E-state index contributed by atoms with van der Waals surface area (Å²) in [5.74, 6) is 6.01. The second-order valence-electron chi connectivity index (χ2n) is 11.3. The number of unbranched alkanes of at least 4 members (excludes halogenated alkanes) is 2. The molecule has 3 aliphatic carbocycles. The summed E-state index contributed by atoms with van der Waals surface area (Å²) in [4.78, 5) is 0. The third kappa shape index (κ3) is 8.20. The quantitative estimate of drug-likeness (QED) is 0.247. The van der Waals surface area contributed by atoms with Gasteiger partial charge >= 0.3 is 0 Å². The van der Waals surface area contributed by atoms with E-state index in [0.29, 0.717) is 0 Å². The van der Waals surface area contributed by atoms with Gasteiger partial charge < -0.3 is 0 Å². The largest absolute Gasteiger partial charge is 0.0914 e. The first kappa shape index (κ1) is 24.1. The highest BCUT2D eigenvalue weighted by Gasteiger charge is 2.30. The van der Waals surface area contributed by atoms with Crippen LogP contribution in [0.15, 0.2) is 24.3 Å². The lowest BCUT2D eigenvalue weighted by molar-refractivity contribution is 0.151. The minimum absolute atomic E-state index is 0.882. The molecular formula is C30H52. The van der Waals surface area contributed by atoms with E-state index in [2.05, 4.69) is 38.2 Å². The molecule has 0 bridgehead atoms. The normalized spacial score (nSPS) is 35.9. The summed E-state index contributed by atoms with van der Waals surface area (Å²) in [6, 6.07) is 0. The summed E-state index contributed by atoms with van der Waals surface area (Å²) in [6.07, 6.45) is 36.5. The zero-order chi connectivity index (χ0) is 21.0. The van der Waals surface area contributed by atoms with Gasteiger partial charge in [0.05, 0.1) is 0 Å².